The summed E-state index contributed by atoms with van der Waals surface area (Å²) in [6, 6.07) is 25.3. The molecule has 5 rings (SSSR count). The zero-order chi connectivity index (χ0) is 20.0. The molecule has 0 aliphatic rings. The first-order valence-corrected chi connectivity index (χ1v) is 9.51. The molecular weight excluding hydrogens is 483 g/mol. The van der Waals surface area contributed by atoms with E-state index in [2.05, 4.69) is 60.7 Å². The molecule has 0 atom stereocenters. The summed E-state index contributed by atoms with van der Waals surface area (Å²) < 4.78 is 7.42. The minimum atomic E-state index is 0. The van der Waals surface area contributed by atoms with Crippen LogP contribution >= 0.6 is 0 Å². The number of methoxy groups -OCH3 is 1. The average Bonchev–Trinajstić information content (AvgIpc) is 2.77. The van der Waals surface area contributed by atoms with Gasteiger partial charge in [-0.3, -0.25) is 0 Å². The van der Waals surface area contributed by atoms with E-state index in [1.165, 1.54) is 5.39 Å². The highest BCUT2D eigenvalue weighted by atomic mass is 127. The van der Waals surface area contributed by atoms with Gasteiger partial charge in [0, 0.05) is 17.5 Å². The molecule has 3 nitrogen and oxygen atoms in total. The molecule has 0 saturated heterocycles. The Hall–Kier alpha value is -3.17. The van der Waals surface area contributed by atoms with Crippen LogP contribution in [0.2, 0.25) is 0 Å². The average molecular weight is 502 g/mol. The normalized spacial score (nSPS) is 10.7. The van der Waals surface area contributed by atoms with Crippen molar-refractivity contribution in [2.75, 3.05) is 7.11 Å². The van der Waals surface area contributed by atoms with E-state index < -0.39 is 0 Å². The van der Waals surface area contributed by atoms with Crippen molar-refractivity contribution >= 4 is 32.3 Å². The van der Waals surface area contributed by atoms with Gasteiger partial charge in [-0.15, -0.1) is 0 Å². The van der Waals surface area contributed by atoms with Crippen LogP contribution in [0, 0.1) is 11.3 Å². The Morgan fingerprint density at radius 2 is 1.50 bits per heavy atom. The monoisotopic (exact) mass is 502 g/mol. The van der Waals surface area contributed by atoms with Gasteiger partial charge >= 0.3 is 0 Å². The van der Waals surface area contributed by atoms with Gasteiger partial charge in [0.05, 0.1) is 18.7 Å². The van der Waals surface area contributed by atoms with Crippen LogP contribution in [0.5, 0.6) is 5.75 Å². The van der Waals surface area contributed by atoms with Crippen LogP contribution in [0.15, 0.2) is 79.1 Å². The number of hydrogen-bond acceptors (Lipinski definition) is 2. The molecule has 0 aliphatic carbocycles. The molecule has 0 amide bonds. The number of aryl methyl sites for hydroxylation is 1. The highest BCUT2D eigenvalue weighted by Crippen LogP contribution is 2.37. The molecule has 30 heavy (non-hydrogen) atoms. The molecule has 0 saturated carbocycles. The Kier molecular flexibility index (Phi) is 5.31. The molecule has 1 aromatic heterocycles. The summed E-state index contributed by atoms with van der Waals surface area (Å²) in [7, 11) is 3.69. The van der Waals surface area contributed by atoms with Crippen molar-refractivity contribution in [2.24, 2.45) is 7.05 Å². The molecular formula is C26H19IN2O. The number of fused-ring (bicyclic) bond motifs is 5. The second kappa shape index (κ2) is 7.92. The Bertz CT molecular complexity index is 1450. The number of benzene rings is 4. The molecule has 0 unspecified atom stereocenters. The Balaban J connectivity index is 0.00000218. The van der Waals surface area contributed by atoms with Gasteiger partial charge in [0.15, 0.2) is 12.4 Å². The zero-order valence-corrected chi connectivity index (χ0v) is 18.8. The van der Waals surface area contributed by atoms with E-state index in [4.69, 9.17) is 4.74 Å². The number of pyridine rings is 1. The predicted molar refractivity (Wildman–Crippen MR) is 117 cm³/mol. The summed E-state index contributed by atoms with van der Waals surface area (Å²) in [6.45, 7) is 0. The van der Waals surface area contributed by atoms with Crippen molar-refractivity contribution in [3.8, 4) is 22.9 Å². The predicted octanol–water partition coefficient (Wildman–Crippen LogP) is 2.52. The minimum absolute atomic E-state index is 0. The molecule has 1 heterocycles. The van der Waals surface area contributed by atoms with Gasteiger partial charge in [-0.25, -0.2) is 4.57 Å². The Morgan fingerprint density at radius 3 is 2.23 bits per heavy atom. The number of halogens is 1. The van der Waals surface area contributed by atoms with Crippen molar-refractivity contribution in [1.82, 2.24) is 0 Å². The fourth-order valence-corrected chi connectivity index (χ4v) is 4.06. The number of hydrogen-bond donors (Lipinski definition) is 0. The maximum Gasteiger partial charge on any atom is 0.169 e. The number of nitriles is 1. The van der Waals surface area contributed by atoms with Crippen molar-refractivity contribution in [1.29, 1.82) is 5.26 Å². The molecule has 0 bridgehead atoms. The minimum Gasteiger partial charge on any atom is -1.00 e. The van der Waals surface area contributed by atoms with Crippen LogP contribution in [0.3, 0.4) is 0 Å². The Morgan fingerprint density at radius 1 is 0.767 bits per heavy atom. The number of ether oxygens (including phenoxy) is 1. The molecule has 4 heteroatoms. The van der Waals surface area contributed by atoms with E-state index in [1.807, 2.05) is 36.1 Å². The van der Waals surface area contributed by atoms with E-state index in [9.17, 15) is 5.26 Å². The van der Waals surface area contributed by atoms with E-state index >= 15 is 0 Å². The maximum atomic E-state index is 9.72. The summed E-state index contributed by atoms with van der Waals surface area (Å²) in [5, 5.41) is 16.3. The van der Waals surface area contributed by atoms with E-state index in [0.717, 1.165) is 43.8 Å². The van der Waals surface area contributed by atoms with Crippen LogP contribution in [0.25, 0.3) is 43.4 Å². The van der Waals surface area contributed by atoms with E-state index in [0.29, 0.717) is 5.56 Å². The molecule has 0 N–H and O–H groups in total. The maximum absolute atomic E-state index is 9.72. The molecule has 4 aromatic carbocycles. The standard InChI is InChI=1S/C26H19N2O.HI/c1-28-11-9-17(10-12-28)18-5-7-23-21(16-27)13-20-4-3-19-14-22(29-2)6-8-24(19)26(20)25(23)15-18;/h3-15H,1-2H3;1H/q+1;/p-1. The number of aromatic nitrogens is 1. The number of nitrogens with zero attached hydrogens (tertiary/aromatic N) is 2. The summed E-state index contributed by atoms with van der Waals surface area (Å²) >= 11 is 0. The van der Waals surface area contributed by atoms with Gasteiger partial charge in [-0.05, 0) is 62.3 Å². The van der Waals surface area contributed by atoms with Crippen LogP contribution in [0.1, 0.15) is 5.56 Å². The van der Waals surface area contributed by atoms with E-state index in [-0.39, 0.29) is 24.0 Å². The lowest BCUT2D eigenvalue weighted by Gasteiger charge is -2.12. The van der Waals surface area contributed by atoms with Crippen molar-refractivity contribution in [3.05, 3.63) is 84.7 Å². The highest BCUT2D eigenvalue weighted by molar-refractivity contribution is 6.22. The lowest BCUT2D eigenvalue weighted by atomic mass is 9.91. The molecule has 0 aliphatic heterocycles. The lowest BCUT2D eigenvalue weighted by molar-refractivity contribution is -0.671. The summed E-state index contributed by atoms with van der Waals surface area (Å²) in [5.74, 6) is 0.840. The third-order valence-corrected chi connectivity index (χ3v) is 5.57. The van der Waals surface area contributed by atoms with E-state index in [1.54, 1.807) is 7.11 Å². The fourth-order valence-electron chi connectivity index (χ4n) is 4.06. The third kappa shape index (κ3) is 3.25. The number of rotatable bonds is 2. The molecule has 0 fully saturated rings. The second-order valence-corrected chi connectivity index (χ2v) is 7.30. The summed E-state index contributed by atoms with van der Waals surface area (Å²) in [6.07, 6.45) is 4.09. The van der Waals surface area contributed by atoms with Crippen molar-refractivity contribution in [2.45, 2.75) is 0 Å². The largest absolute Gasteiger partial charge is 1.00 e. The first kappa shape index (κ1) is 20.1. The van der Waals surface area contributed by atoms with Gasteiger partial charge in [0.25, 0.3) is 0 Å². The first-order valence-electron chi connectivity index (χ1n) is 9.51. The third-order valence-electron chi connectivity index (χ3n) is 5.57. The van der Waals surface area contributed by atoms with Crippen LogP contribution < -0.4 is 33.3 Å². The smallest absolute Gasteiger partial charge is 0.169 e. The molecule has 5 aromatic rings. The van der Waals surface area contributed by atoms with Gasteiger partial charge in [-0.2, -0.15) is 5.26 Å². The van der Waals surface area contributed by atoms with Crippen molar-refractivity contribution < 1.29 is 33.3 Å². The SMILES string of the molecule is COc1ccc2c(ccc3cc(C#N)c4ccc(-c5cc[n+](C)cc5)cc4c32)c1.[I-]. The Labute approximate surface area is 192 Å². The highest BCUT2D eigenvalue weighted by Gasteiger charge is 2.12. The topological polar surface area (TPSA) is 36.9 Å². The summed E-state index contributed by atoms with van der Waals surface area (Å²) in [5.41, 5.74) is 2.99. The van der Waals surface area contributed by atoms with Crippen molar-refractivity contribution in [3.63, 3.8) is 0 Å². The quantitative estimate of drug-likeness (QED) is 0.212. The molecule has 0 spiro atoms. The lowest BCUT2D eigenvalue weighted by Crippen LogP contribution is -3.00. The van der Waals surface area contributed by atoms with Gasteiger partial charge in [0.1, 0.15) is 12.8 Å². The molecule has 0 radical (unpaired) electrons. The van der Waals surface area contributed by atoms with Gasteiger partial charge in [-0.1, -0.05) is 30.3 Å². The second-order valence-electron chi connectivity index (χ2n) is 7.30. The van der Waals surface area contributed by atoms with Gasteiger partial charge < -0.3 is 28.7 Å². The fraction of sp³-hybridized carbons (Fsp3) is 0.0769. The van der Waals surface area contributed by atoms with Gasteiger partial charge in [0.2, 0.25) is 0 Å². The van der Waals surface area contributed by atoms with Crippen LogP contribution in [0.4, 0.5) is 0 Å². The van der Waals surface area contributed by atoms with Crippen LogP contribution in [-0.2, 0) is 7.05 Å². The first-order chi connectivity index (χ1) is 14.2. The summed E-state index contributed by atoms with van der Waals surface area (Å²) in [4.78, 5) is 0. The molecule has 146 valence electrons. The zero-order valence-electron chi connectivity index (χ0n) is 16.7. The van der Waals surface area contributed by atoms with Crippen LogP contribution in [-0.4, -0.2) is 7.11 Å².